The van der Waals surface area contributed by atoms with E-state index in [0.717, 1.165) is 36.4 Å². The molecule has 1 saturated heterocycles. The number of carbonyl (C=O) groups is 6. The van der Waals surface area contributed by atoms with E-state index in [4.69, 9.17) is 9.72 Å². The molecule has 2 atom stereocenters. The highest BCUT2D eigenvalue weighted by atomic mass is 16.5. The molecule has 16 nitrogen and oxygen atoms in total. The quantitative estimate of drug-likeness (QED) is 0.157. The number of rotatable bonds is 12. The van der Waals surface area contributed by atoms with E-state index in [1.54, 1.807) is 48.5 Å². The molecule has 1 aromatic heterocycles. The first-order valence-electron chi connectivity index (χ1n) is 18.4. The van der Waals surface area contributed by atoms with Crippen LogP contribution in [-0.2, 0) is 14.4 Å². The van der Waals surface area contributed by atoms with Crippen molar-refractivity contribution in [3.8, 4) is 5.75 Å². The topological polar surface area (TPSA) is 195 Å². The van der Waals surface area contributed by atoms with E-state index in [0.29, 0.717) is 60.3 Å². The van der Waals surface area contributed by atoms with Crippen LogP contribution in [-0.4, -0.2) is 95.7 Å². The number of hydrogen-bond donors (Lipinski definition) is 4. The van der Waals surface area contributed by atoms with Crippen LogP contribution in [0.3, 0.4) is 0 Å². The van der Waals surface area contributed by atoms with Gasteiger partial charge in [0.15, 0.2) is 5.82 Å². The van der Waals surface area contributed by atoms with Crippen molar-refractivity contribution < 1.29 is 33.5 Å². The maximum atomic E-state index is 13.3. The molecular weight excluding hydrogens is 694 g/mol. The van der Waals surface area contributed by atoms with Crippen LogP contribution in [0.25, 0.3) is 0 Å². The monoisotopic (exact) mass is 737 g/mol. The van der Waals surface area contributed by atoms with E-state index in [2.05, 4.69) is 31.2 Å². The van der Waals surface area contributed by atoms with E-state index in [1.165, 1.54) is 13.2 Å². The SMILES string of the molecule is CC[C@@H]1C(=O)N(C)c2cnc(Nc3ccc(C(=O)NCCCNc4cccc5c4C(=O)N(C4CCC(=O)NC4=O)C5=O)cc3OC)nc2N1C1CCCC1. The Balaban J connectivity index is 0.962. The van der Waals surface area contributed by atoms with Crippen LogP contribution in [0.15, 0.2) is 42.6 Å². The summed E-state index contributed by atoms with van der Waals surface area (Å²) in [6.07, 6.45) is 7.22. The van der Waals surface area contributed by atoms with Crippen LogP contribution >= 0.6 is 0 Å². The van der Waals surface area contributed by atoms with Crippen LogP contribution in [0.1, 0.15) is 89.4 Å². The van der Waals surface area contributed by atoms with Gasteiger partial charge in [-0.05, 0) is 62.4 Å². The Morgan fingerprint density at radius 3 is 2.54 bits per heavy atom. The Morgan fingerprint density at radius 1 is 1.00 bits per heavy atom. The predicted molar refractivity (Wildman–Crippen MR) is 199 cm³/mol. The van der Waals surface area contributed by atoms with Crippen LogP contribution in [0, 0.1) is 0 Å². The second kappa shape index (κ2) is 15.1. The molecule has 4 N–H and O–H groups in total. The highest BCUT2D eigenvalue weighted by molar-refractivity contribution is 6.25. The van der Waals surface area contributed by atoms with Gasteiger partial charge in [-0.2, -0.15) is 4.98 Å². The third-order valence-electron chi connectivity index (χ3n) is 10.5. The average Bonchev–Trinajstić information content (AvgIpc) is 3.79. The molecule has 54 heavy (non-hydrogen) atoms. The summed E-state index contributed by atoms with van der Waals surface area (Å²) in [4.78, 5) is 91.0. The minimum absolute atomic E-state index is 0.0420. The zero-order valence-corrected chi connectivity index (χ0v) is 30.4. The first-order chi connectivity index (χ1) is 26.1. The summed E-state index contributed by atoms with van der Waals surface area (Å²) >= 11 is 0. The van der Waals surface area contributed by atoms with Crippen LogP contribution < -0.4 is 35.8 Å². The number of ether oxygens (including phenoxy) is 1. The van der Waals surface area contributed by atoms with Crippen molar-refractivity contribution in [2.45, 2.75) is 76.4 Å². The molecule has 2 fully saturated rings. The Kier molecular flexibility index (Phi) is 10.2. The molecule has 16 heteroatoms. The fourth-order valence-corrected chi connectivity index (χ4v) is 7.78. The van der Waals surface area contributed by atoms with Gasteiger partial charge in [0.2, 0.25) is 23.7 Å². The number of likely N-dealkylation sites (N-methyl/N-ethyl adjacent to an activating group) is 1. The second-order valence-corrected chi connectivity index (χ2v) is 13.8. The van der Waals surface area contributed by atoms with Crippen molar-refractivity contribution >= 4 is 64.3 Å². The number of fused-ring (bicyclic) bond motifs is 2. The molecule has 3 aromatic rings. The lowest BCUT2D eigenvalue weighted by atomic mass is 10.0. The lowest BCUT2D eigenvalue weighted by Gasteiger charge is -2.43. The van der Waals surface area contributed by atoms with Crippen LogP contribution in [0.4, 0.5) is 28.8 Å². The number of nitrogens with one attached hydrogen (secondary N) is 4. The fraction of sp³-hybridized carbons (Fsp3) is 0.421. The van der Waals surface area contributed by atoms with Crippen molar-refractivity contribution in [2.24, 2.45) is 0 Å². The van der Waals surface area contributed by atoms with E-state index < -0.39 is 29.7 Å². The van der Waals surface area contributed by atoms with Crippen molar-refractivity contribution in [1.82, 2.24) is 25.5 Å². The first-order valence-corrected chi connectivity index (χ1v) is 18.4. The lowest BCUT2D eigenvalue weighted by Crippen LogP contribution is -2.55. The first kappa shape index (κ1) is 36.3. The Labute approximate surface area is 312 Å². The molecule has 0 spiro atoms. The number of benzene rings is 2. The molecule has 4 heterocycles. The highest BCUT2D eigenvalue weighted by Crippen LogP contribution is 2.40. The zero-order valence-electron chi connectivity index (χ0n) is 30.4. The van der Waals surface area contributed by atoms with Crippen molar-refractivity contribution in [3.05, 3.63) is 59.3 Å². The Bertz CT molecular complexity index is 2030. The minimum Gasteiger partial charge on any atom is -0.495 e. The third kappa shape index (κ3) is 6.67. The summed E-state index contributed by atoms with van der Waals surface area (Å²) in [5.74, 6) is -1.04. The van der Waals surface area contributed by atoms with Gasteiger partial charge in [-0.25, -0.2) is 4.98 Å². The Hall–Kier alpha value is -6.06. The number of methoxy groups -OCH3 is 1. The molecule has 1 unspecified atom stereocenters. The van der Waals surface area contributed by atoms with Crippen molar-refractivity contribution in [2.75, 3.05) is 47.7 Å². The number of piperidine rings is 1. The van der Waals surface area contributed by atoms with Gasteiger partial charge >= 0.3 is 0 Å². The Morgan fingerprint density at radius 2 is 1.80 bits per heavy atom. The smallest absolute Gasteiger partial charge is 0.264 e. The molecule has 6 amide bonds. The summed E-state index contributed by atoms with van der Waals surface area (Å²) in [7, 11) is 3.27. The standard InChI is InChI=1S/C38H43N9O7/c1-4-26-36(52)45(2)28-20-41-38(44-32(28)46(26)22-9-5-6-10-22)42-24-14-13-21(19-29(24)54-3)33(49)40-18-8-17-39-25-12-7-11-23-31(25)37(53)47(35(23)51)27-15-16-30(48)43-34(27)50/h7,11-14,19-20,22,26-27,39H,4-6,8-10,15-18H2,1-3H3,(H,40,49)(H,41,42,44)(H,43,48,50)/t26-,27?/m1/s1. The average molecular weight is 738 g/mol. The van der Waals surface area contributed by atoms with Gasteiger partial charge in [0.05, 0.1) is 30.1 Å². The lowest BCUT2D eigenvalue weighted by molar-refractivity contribution is -0.136. The molecular formula is C38H43N9O7. The summed E-state index contributed by atoms with van der Waals surface area (Å²) in [6.45, 7) is 2.71. The number of nitrogens with zero attached hydrogens (tertiary/aromatic N) is 5. The van der Waals surface area contributed by atoms with Crippen LogP contribution in [0.2, 0.25) is 0 Å². The van der Waals surface area contributed by atoms with Gasteiger partial charge in [0, 0.05) is 43.9 Å². The molecule has 0 bridgehead atoms. The van der Waals surface area contributed by atoms with Crippen LogP contribution in [0.5, 0.6) is 5.75 Å². The van der Waals surface area contributed by atoms with E-state index in [-0.39, 0.29) is 47.9 Å². The number of amides is 6. The molecule has 282 valence electrons. The normalized spacial score (nSPS) is 19.8. The molecule has 1 saturated carbocycles. The van der Waals surface area contributed by atoms with E-state index in [9.17, 15) is 28.8 Å². The summed E-state index contributed by atoms with van der Waals surface area (Å²) in [5.41, 5.74) is 2.43. The predicted octanol–water partition coefficient (Wildman–Crippen LogP) is 3.37. The second-order valence-electron chi connectivity index (χ2n) is 13.8. The number of imide groups is 2. The van der Waals surface area contributed by atoms with Gasteiger partial charge in [-0.3, -0.25) is 39.0 Å². The fourth-order valence-electron chi connectivity index (χ4n) is 7.78. The van der Waals surface area contributed by atoms with Gasteiger partial charge < -0.3 is 30.5 Å². The summed E-state index contributed by atoms with van der Waals surface area (Å²) in [6, 6.07) is 8.80. The summed E-state index contributed by atoms with van der Waals surface area (Å²) < 4.78 is 5.63. The maximum absolute atomic E-state index is 13.3. The summed E-state index contributed by atoms with van der Waals surface area (Å²) in [5, 5.41) is 11.5. The highest BCUT2D eigenvalue weighted by Gasteiger charge is 2.46. The maximum Gasteiger partial charge on any atom is 0.264 e. The van der Waals surface area contributed by atoms with Gasteiger partial charge in [0.1, 0.15) is 23.5 Å². The van der Waals surface area contributed by atoms with E-state index in [1.807, 2.05) is 6.92 Å². The van der Waals surface area contributed by atoms with Gasteiger partial charge in [0.25, 0.3) is 17.7 Å². The van der Waals surface area contributed by atoms with Crippen molar-refractivity contribution in [1.29, 1.82) is 0 Å². The van der Waals surface area contributed by atoms with Gasteiger partial charge in [-0.1, -0.05) is 25.8 Å². The van der Waals surface area contributed by atoms with Gasteiger partial charge in [-0.15, -0.1) is 0 Å². The molecule has 3 aliphatic heterocycles. The zero-order chi connectivity index (χ0) is 38.1. The largest absolute Gasteiger partial charge is 0.495 e. The molecule has 7 rings (SSSR count). The number of hydrogen-bond acceptors (Lipinski definition) is 12. The third-order valence-corrected chi connectivity index (χ3v) is 10.5. The molecule has 2 aromatic carbocycles. The molecule has 4 aliphatic rings. The number of anilines is 5. The minimum atomic E-state index is -1.05. The molecule has 0 radical (unpaired) electrons. The molecule has 1 aliphatic carbocycles. The van der Waals surface area contributed by atoms with E-state index >= 15 is 0 Å². The number of aromatic nitrogens is 2. The van der Waals surface area contributed by atoms with Crippen molar-refractivity contribution in [3.63, 3.8) is 0 Å². The number of carbonyl (C=O) groups excluding carboxylic acids is 6.